The van der Waals surface area contributed by atoms with Crippen LogP contribution in [0.1, 0.15) is 5.56 Å². The summed E-state index contributed by atoms with van der Waals surface area (Å²) in [4.78, 5) is 33.3. The third-order valence-corrected chi connectivity index (χ3v) is 2.50. The van der Waals surface area contributed by atoms with E-state index < -0.39 is 17.9 Å². The van der Waals surface area contributed by atoms with Crippen molar-refractivity contribution in [3.8, 4) is 0 Å². The molecule has 1 aromatic carbocycles. The van der Waals surface area contributed by atoms with Crippen LogP contribution in [0.15, 0.2) is 30.3 Å². The first-order valence-electron chi connectivity index (χ1n) is 5.75. The van der Waals surface area contributed by atoms with Crippen molar-refractivity contribution in [2.75, 3.05) is 13.7 Å². The van der Waals surface area contributed by atoms with Crippen LogP contribution in [0.3, 0.4) is 0 Å². The van der Waals surface area contributed by atoms with Crippen molar-refractivity contribution < 1.29 is 19.1 Å². The fraction of sp³-hybridized carbons (Fsp3) is 0.308. The quantitative estimate of drug-likeness (QED) is 0.520. The summed E-state index contributed by atoms with van der Waals surface area (Å²) in [6.45, 7) is -0.221. The van der Waals surface area contributed by atoms with Crippen LogP contribution in [-0.4, -0.2) is 38.0 Å². The maximum atomic E-state index is 11.8. The van der Waals surface area contributed by atoms with Crippen molar-refractivity contribution in [3.05, 3.63) is 35.9 Å². The van der Waals surface area contributed by atoms with Crippen molar-refractivity contribution >= 4 is 18.3 Å². The lowest BCUT2D eigenvalue weighted by atomic mass is 10.1. The predicted molar refractivity (Wildman–Crippen MR) is 68.2 cm³/mol. The molecule has 0 bridgehead atoms. The molecule has 1 rings (SSSR count). The Kier molecular flexibility index (Phi) is 6.08. The zero-order valence-corrected chi connectivity index (χ0v) is 10.6. The summed E-state index contributed by atoms with van der Waals surface area (Å²) in [7, 11) is 1.24. The molecule has 102 valence electrons. The van der Waals surface area contributed by atoms with E-state index in [1.54, 1.807) is 0 Å². The molecule has 0 saturated heterocycles. The van der Waals surface area contributed by atoms with Gasteiger partial charge in [-0.1, -0.05) is 30.3 Å². The number of benzene rings is 1. The van der Waals surface area contributed by atoms with Gasteiger partial charge in [0.05, 0.1) is 7.11 Å². The van der Waals surface area contributed by atoms with Crippen LogP contribution in [0.4, 0.5) is 0 Å². The van der Waals surface area contributed by atoms with Gasteiger partial charge in [0.2, 0.25) is 12.3 Å². The van der Waals surface area contributed by atoms with E-state index >= 15 is 0 Å². The second-order valence-corrected chi connectivity index (χ2v) is 3.82. The predicted octanol–water partition coefficient (Wildman–Crippen LogP) is -0.367. The number of hydrogen-bond acceptors (Lipinski definition) is 4. The molecule has 2 amide bonds. The molecule has 2 N–H and O–H groups in total. The van der Waals surface area contributed by atoms with E-state index in [-0.39, 0.29) is 6.54 Å². The minimum absolute atomic E-state index is 0.221. The smallest absolute Gasteiger partial charge is 0.325 e. The zero-order valence-electron chi connectivity index (χ0n) is 10.6. The Morgan fingerprint density at radius 2 is 2.00 bits per heavy atom. The second kappa shape index (κ2) is 7.86. The summed E-state index contributed by atoms with van der Waals surface area (Å²) in [5, 5.41) is 4.83. The Bertz CT molecular complexity index is 434. The number of hydrogen-bond donors (Lipinski definition) is 2. The Morgan fingerprint density at radius 1 is 1.32 bits per heavy atom. The first-order valence-corrected chi connectivity index (χ1v) is 5.75. The Hall–Kier alpha value is -2.37. The molecule has 0 aliphatic rings. The highest BCUT2D eigenvalue weighted by Crippen LogP contribution is 2.03. The van der Waals surface area contributed by atoms with E-state index in [2.05, 4.69) is 15.4 Å². The van der Waals surface area contributed by atoms with Gasteiger partial charge in [-0.2, -0.15) is 0 Å². The number of amides is 2. The van der Waals surface area contributed by atoms with Crippen LogP contribution < -0.4 is 10.6 Å². The third kappa shape index (κ3) is 5.20. The molecule has 0 heterocycles. The number of carbonyl (C=O) groups is 3. The maximum Gasteiger partial charge on any atom is 0.325 e. The molecular formula is C13H16N2O4. The van der Waals surface area contributed by atoms with E-state index in [0.717, 1.165) is 5.56 Å². The van der Waals surface area contributed by atoms with Crippen LogP contribution >= 0.6 is 0 Å². The maximum absolute atomic E-state index is 11.8. The van der Waals surface area contributed by atoms with E-state index in [4.69, 9.17) is 0 Å². The van der Waals surface area contributed by atoms with Gasteiger partial charge < -0.3 is 15.4 Å². The highest BCUT2D eigenvalue weighted by Gasteiger charge is 2.18. The number of nitrogens with one attached hydrogen (secondary N) is 2. The highest BCUT2D eigenvalue weighted by atomic mass is 16.5. The van der Waals surface area contributed by atoms with Crippen molar-refractivity contribution in [1.82, 2.24) is 10.6 Å². The normalized spacial score (nSPS) is 11.2. The van der Waals surface area contributed by atoms with Gasteiger partial charge in [-0.15, -0.1) is 0 Å². The summed E-state index contributed by atoms with van der Waals surface area (Å²) in [6.07, 6.45) is 0.817. The van der Waals surface area contributed by atoms with Crippen molar-refractivity contribution in [2.24, 2.45) is 0 Å². The van der Waals surface area contributed by atoms with E-state index in [9.17, 15) is 14.4 Å². The van der Waals surface area contributed by atoms with E-state index in [1.165, 1.54) is 7.11 Å². The minimum Gasteiger partial charge on any atom is -0.468 e. The minimum atomic E-state index is -0.718. The average molecular weight is 264 g/mol. The van der Waals surface area contributed by atoms with Gasteiger partial charge in [-0.3, -0.25) is 14.4 Å². The first-order chi connectivity index (χ1) is 9.17. The van der Waals surface area contributed by atoms with Gasteiger partial charge in [-0.25, -0.2) is 0 Å². The molecule has 0 saturated carbocycles. The molecule has 1 aromatic rings. The van der Waals surface area contributed by atoms with Crippen LogP contribution in [-0.2, 0) is 25.5 Å². The van der Waals surface area contributed by atoms with Crippen LogP contribution in [0.25, 0.3) is 0 Å². The van der Waals surface area contributed by atoms with Crippen LogP contribution in [0.5, 0.6) is 0 Å². The molecule has 6 heteroatoms. The van der Waals surface area contributed by atoms with Gasteiger partial charge in [0, 0.05) is 6.42 Å². The number of ether oxygens (including phenoxy) is 1. The molecular weight excluding hydrogens is 248 g/mol. The molecule has 0 aliphatic heterocycles. The molecule has 0 fully saturated rings. The lowest BCUT2D eigenvalue weighted by molar-refractivity contribution is -0.141. The average Bonchev–Trinajstić information content (AvgIpc) is 2.45. The van der Waals surface area contributed by atoms with Crippen molar-refractivity contribution in [2.45, 2.75) is 12.5 Å². The largest absolute Gasteiger partial charge is 0.468 e. The number of carbonyl (C=O) groups excluding carboxylic acids is 3. The van der Waals surface area contributed by atoms with Gasteiger partial charge >= 0.3 is 5.97 Å². The summed E-state index contributed by atoms with van der Waals surface area (Å²) in [5.41, 5.74) is 0.912. The van der Waals surface area contributed by atoms with Crippen LogP contribution in [0.2, 0.25) is 0 Å². The third-order valence-electron chi connectivity index (χ3n) is 2.50. The molecule has 0 aliphatic carbocycles. The van der Waals surface area contributed by atoms with Gasteiger partial charge in [-0.05, 0) is 5.56 Å². The molecule has 0 aromatic heterocycles. The van der Waals surface area contributed by atoms with E-state index in [0.29, 0.717) is 12.8 Å². The molecule has 6 nitrogen and oxygen atoms in total. The molecule has 19 heavy (non-hydrogen) atoms. The lowest BCUT2D eigenvalue weighted by Gasteiger charge is -2.15. The van der Waals surface area contributed by atoms with Gasteiger partial charge in [0.15, 0.2) is 0 Å². The van der Waals surface area contributed by atoms with Gasteiger partial charge in [0.25, 0.3) is 0 Å². The molecule has 0 radical (unpaired) electrons. The first kappa shape index (κ1) is 14.7. The highest BCUT2D eigenvalue weighted by molar-refractivity contribution is 5.87. The number of rotatable bonds is 7. The topological polar surface area (TPSA) is 84.5 Å². The second-order valence-electron chi connectivity index (χ2n) is 3.82. The fourth-order valence-electron chi connectivity index (χ4n) is 1.51. The molecule has 0 spiro atoms. The van der Waals surface area contributed by atoms with E-state index in [1.807, 2.05) is 30.3 Å². The van der Waals surface area contributed by atoms with Crippen molar-refractivity contribution in [1.29, 1.82) is 0 Å². The summed E-state index contributed by atoms with van der Waals surface area (Å²) >= 11 is 0. The SMILES string of the molecule is COC(=O)CNC(=O)C(Cc1ccccc1)NC=O. The molecule has 1 unspecified atom stereocenters. The number of methoxy groups -OCH3 is 1. The molecule has 1 atom stereocenters. The Labute approximate surface area is 111 Å². The summed E-state index contributed by atoms with van der Waals surface area (Å²) in [5.74, 6) is -0.973. The zero-order chi connectivity index (χ0) is 14.1. The van der Waals surface area contributed by atoms with Crippen molar-refractivity contribution in [3.63, 3.8) is 0 Å². The number of esters is 1. The Morgan fingerprint density at radius 3 is 2.58 bits per heavy atom. The lowest BCUT2D eigenvalue weighted by Crippen LogP contribution is -2.46. The summed E-state index contributed by atoms with van der Waals surface area (Å²) in [6, 6.07) is 8.55. The van der Waals surface area contributed by atoms with Crippen LogP contribution in [0, 0.1) is 0 Å². The fourth-order valence-corrected chi connectivity index (χ4v) is 1.51. The standard InChI is InChI=1S/C13H16N2O4/c1-19-12(17)8-14-13(18)11(15-9-16)7-10-5-3-2-4-6-10/h2-6,9,11H,7-8H2,1H3,(H,14,18)(H,15,16). The summed E-state index contributed by atoms with van der Waals surface area (Å²) < 4.78 is 4.41. The monoisotopic (exact) mass is 264 g/mol. The Balaban J connectivity index is 2.58. The van der Waals surface area contributed by atoms with Gasteiger partial charge in [0.1, 0.15) is 12.6 Å².